The highest BCUT2D eigenvalue weighted by Crippen LogP contribution is 2.25. The van der Waals surface area contributed by atoms with Crippen molar-refractivity contribution in [2.75, 3.05) is 39.1 Å². The van der Waals surface area contributed by atoms with Crippen molar-refractivity contribution in [2.45, 2.75) is 0 Å². The highest BCUT2D eigenvalue weighted by molar-refractivity contribution is 5.87. The summed E-state index contributed by atoms with van der Waals surface area (Å²) in [5.74, 6) is 0.405. The summed E-state index contributed by atoms with van der Waals surface area (Å²) in [6.45, 7) is 1.86. The smallest absolute Gasteiger partial charge is 0.261 e. The average molecular weight is 377 g/mol. The van der Waals surface area contributed by atoms with Gasteiger partial charge in [0.15, 0.2) is 0 Å². The Hall–Kier alpha value is -3.32. The van der Waals surface area contributed by atoms with Crippen molar-refractivity contribution in [3.8, 4) is 11.7 Å². The standard InChI is InChI=1S/C21H23N5O2/c1-24(2)10-11-25(3)14-8-9-16-17(12-14)23-21(22-16)26-18-7-5-4-6-15(18)19(27)13-20(26)28/h4-9,12-13,27H,10-11H2,1-3H3,(H,22,23). The number of H-pyrrole nitrogens is 1. The van der Waals surface area contributed by atoms with E-state index in [-0.39, 0.29) is 11.3 Å². The number of imidazole rings is 1. The Morgan fingerprint density at radius 3 is 2.64 bits per heavy atom. The molecule has 2 heterocycles. The number of aromatic nitrogens is 3. The first kappa shape index (κ1) is 18.1. The molecule has 7 nitrogen and oxygen atoms in total. The van der Waals surface area contributed by atoms with Gasteiger partial charge >= 0.3 is 0 Å². The molecule has 2 aromatic carbocycles. The molecule has 0 bridgehead atoms. The zero-order valence-corrected chi connectivity index (χ0v) is 16.2. The molecule has 0 unspecified atom stereocenters. The van der Waals surface area contributed by atoms with E-state index in [0.717, 1.165) is 29.8 Å². The van der Waals surface area contributed by atoms with E-state index in [9.17, 15) is 9.90 Å². The van der Waals surface area contributed by atoms with E-state index in [2.05, 4.69) is 40.9 Å². The number of rotatable bonds is 5. The van der Waals surface area contributed by atoms with E-state index in [1.807, 2.05) is 30.3 Å². The first-order valence-electron chi connectivity index (χ1n) is 9.14. The van der Waals surface area contributed by atoms with E-state index < -0.39 is 0 Å². The number of likely N-dealkylation sites (N-methyl/N-ethyl adjacent to an activating group) is 2. The van der Waals surface area contributed by atoms with Crippen molar-refractivity contribution in [1.82, 2.24) is 19.4 Å². The summed E-state index contributed by atoms with van der Waals surface area (Å²) >= 11 is 0. The molecular weight excluding hydrogens is 354 g/mol. The molecule has 0 amide bonds. The zero-order chi connectivity index (χ0) is 19.8. The van der Waals surface area contributed by atoms with Gasteiger partial charge in [-0.3, -0.25) is 4.79 Å². The Labute approximate surface area is 162 Å². The molecule has 4 rings (SSSR count). The molecule has 4 aromatic rings. The maximum atomic E-state index is 12.6. The van der Waals surface area contributed by atoms with Crippen LogP contribution in [-0.2, 0) is 0 Å². The molecule has 0 atom stereocenters. The number of hydrogen-bond acceptors (Lipinski definition) is 5. The first-order valence-corrected chi connectivity index (χ1v) is 9.14. The lowest BCUT2D eigenvalue weighted by molar-refractivity contribution is 0.416. The fourth-order valence-electron chi connectivity index (χ4n) is 3.29. The van der Waals surface area contributed by atoms with Gasteiger partial charge in [-0.05, 0) is 44.4 Å². The van der Waals surface area contributed by atoms with Crippen LogP contribution in [0.3, 0.4) is 0 Å². The van der Waals surface area contributed by atoms with E-state index in [0.29, 0.717) is 16.9 Å². The van der Waals surface area contributed by atoms with Crippen LogP contribution in [0, 0.1) is 0 Å². The lowest BCUT2D eigenvalue weighted by Gasteiger charge is -2.21. The summed E-state index contributed by atoms with van der Waals surface area (Å²) < 4.78 is 1.49. The second kappa shape index (κ2) is 7.01. The third-order valence-electron chi connectivity index (χ3n) is 4.89. The molecule has 0 aliphatic rings. The summed E-state index contributed by atoms with van der Waals surface area (Å²) in [5.41, 5.74) is 2.98. The van der Waals surface area contributed by atoms with Crippen LogP contribution >= 0.6 is 0 Å². The highest BCUT2D eigenvalue weighted by Gasteiger charge is 2.13. The largest absolute Gasteiger partial charge is 0.507 e. The molecule has 0 fully saturated rings. The first-order chi connectivity index (χ1) is 13.4. The number of hydrogen-bond donors (Lipinski definition) is 2. The van der Waals surface area contributed by atoms with Crippen LogP contribution in [0.2, 0.25) is 0 Å². The average Bonchev–Trinajstić information content (AvgIpc) is 3.08. The van der Waals surface area contributed by atoms with Gasteiger partial charge < -0.3 is 19.9 Å². The van der Waals surface area contributed by atoms with E-state index in [4.69, 9.17) is 0 Å². The zero-order valence-electron chi connectivity index (χ0n) is 16.2. The van der Waals surface area contributed by atoms with Crippen molar-refractivity contribution in [3.63, 3.8) is 0 Å². The maximum Gasteiger partial charge on any atom is 0.261 e. The minimum Gasteiger partial charge on any atom is -0.507 e. The molecule has 0 saturated carbocycles. The number of aromatic amines is 1. The summed E-state index contributed by atoms with van der Waals surface area (Å²) in [6, 6.07) is 14.5. The molecule has 0 spiro atoms. The monoisotopic (exact) mass is 377 g/mol. The SMILES string of the molecule is CN(C)CCN(C)c1ccc2nc(-n3c(=O)cc(O)c4ccccc43)[nH]c2c1. The maximum absolute atomic E-state index is 12.6. The van der Waals surface area contributed by atoms with Crippen LogP contribution < -0.4 is 10.5 Å². The third kappa shape index (κ3) is 3.20. The van der Waals surface area contributed by atoms with Gasteiger partial charge in [-0.15, -0.1) is 0 Å². The molecule has 2 N–H and O–H groups in total. The van der Waals surface area contributed by atoms with Gasteiger partial charge in [0.25, 0.3) is 5.56 Å². The fraction of sp³-hybridized carbons (Fsp3) is 0.238. The number of pyridine rings is 1. The minimum absolute atomic E-state index is 0.0298. The fourth-order valence-corrected chi connectivity index (χ4v) is 3.29. The normalized spacial score (nSPS) is 11.6. The van der Waals surface area contributed by atoms with Crippen LogP contribution in [0.15, 0.2) is 53.3 Å². The van der Waals surface area contributed by atoms with Crippen molar-refractivity contribution in [2.24, 2.45) is 0 Å². The predicted octanol–water partition coefficient (Wildman–Crippen LogP) is 2.57. The van der Waals surface area contributed by atoms with Crippen LogP contribution in [-0.4, -0.2) is 58.8 Å². The van der Waals surface area contributed by atoms with E-state index in [1.54, 1.807) is 12.1 Å². The molecular formula is C21H23N5O2. The Balaban J connectivity index is 1.79. The van der Waals surface area contributed by atoms with Crippen molar-refractivity contribution < 1.29 is 5.11 Å². The molecule has 0 aliphatic heterocycles. The summed E-state index contributed by atoms with van der Waals surface area (Å²) in [4.78, 5) is 24.8. The number of nitrogens with zero attached hydrogens (tertiary/aromatic N) is 4. The molecule has 0 radical (unpaired) electrons. The van der Waals surface area contributed by atoms with E-state index in [1.165, 1.54) is 10.6 Å². The Morgan fingerprint density at radius 2 is 1.86 bits per heavy atom. The number of anilines is 1. The van der Waals surface area contributed by atoms with E-state index >= 15 is 0 Å². The molecule has 0 saturated heterocycles. The van der Waals surface area contributed by atoms with Gasteiger partial charge in [0, 0.05) is 37.3 Å². The van der Waals surface area contributed by atoms with Gasteiger partial charge in [0.2, 0.25) is 5.95 Å². The minimum atomic E-state index is -0.335. The predicted molar refractivity (Wildman–Crippen MR) is 113 cm³/mol. The summed E-state index contributed by atoms with van der Waals surface area (Å²) in [5, 5.41) is 10.7. The molecule has 28 heavy (non-hydrogen) atoms. The van der Waals surface area contributed by atoms with Crippen molar-refractivity contribution >= 4 is 27.6 Å². The molecule has 144 valence electrons. The lowest BCUT2D eigenvalue weighted by atomic mass is 10.2. The molecule has 2 aromatic heterocycles. The van der Waals surface area contributed by atoms with Gasteiger partial charge in [-0.25, -0.2) is 9.55 Å². The van der Waals surface area contributed by atoms with Crippen molar-refractivity contribution in [3.05, 3.63) is 58.9 Å². The Morgan fingerprint density at radius 1 is 1.07 bits per heavy atom. The molecule has 0 aliphatic carbocycles. The second-order valence-corrected chi connectivity index (χ2v) is 7.21. The van der Waals surface area contributed by atoms with Gasteiger partial charge in [-0.1, -0.05) is 12.1 Å². The topological polar surface area (TPSA) is 77.4 Å². The quantitative estimate of drug-likeness (QED) is 0.559. The summed E-state index contributed by atoms with van der Waals surface area (Å²) in [7, 11) is 6.16. The van der Waals surface area contributed by atoms with Crippen LogP contribution in [0.1, 0.15) is 0 Å². The highest BCUT2D eigenvalue weighted by atomic mass is 16.3. The lowest BCUT2D eigenvalue weighted by Crippen LogP contribution is -2.28. The van der Waals surface area contributed by atoms with Crippen LogP contribution in [0.4, 0.5) is 5.69 Å². The summed E-state index contributed by atoms with van der Waals surface area (Å²) in [6.07, 6.45) is 0. The van der Waals surface area contributed by atoms with Gasteiger partial charge in [0.05, 0.1) is 16.6 Å². The van der Waals surface area contributed by atoms with Crippen LogP contribution in [0.25, 0.3) is 27.9 Å². The third-order valence-corrected chi connectivity index (χ3v) is 4.89. The Kier molecular flexibility index (Phi) is 4.52. The number of fused-ring (bicyclic) bond motifs is 2. The number of benzene rings is 2. The van der Waals surface area contributed by atoms with Gasteiger partial charge in [-0.2, -0.15) is 0 Å². The van der Waals surface area contributed by atoms with Crippen LogP contribution in [0.5, 0.6) is 5.75 Å². The molecule has 7 heteroatoms. The number of nitrogens with one attached hydrogen (secondary N) is 1. The second-order valence-electron chi connectivity index (χ2n) is 7.21. The Bertz CT molecular complexity index is 1210. The number of aromatic hydroxyl groups is 1. The number of para-hydroxylation sites is 1. The van der Waals surface area contributed by atoms with Crippen molar-refractivity contribution in [1.29, 1.82) is 0 Å². The van der Waals surface area contributed by atoms with Gasteiger partial charge in [0.1, 0.15) is 5.75 Å².